The zero-order valence-electron chi connectivity index (χ0n) is 36.2. The topological polar surface area (TPSA) is 156 Å². The third kappa shape index (κ3) is 8.55. The van der Waals surface area contributed by atoms with E-state index in [1.165, 1.54) is 18.8 Å². The molecular formula is C43H63N3O10SSi. The molecule has 0 radical (unpaired) electrons. The summed E-state index contributed by atoms with van der Waals surface area (Å²) in [6.45, 7) is 19.5. The van der Waals surface area contributed by atoms with Crippen LogP contribution in [0.3, 0.4) is 0 Å². The van der Waals surface area contributed by atoms with Crippen LogP contribution >= 0.6 is 0 Å². The molecule has 2 amide bonds. The first-order chi connectivity index (χ1) is 27.1. The molecule has 58 heavy (non-hydrogen) atoms. The molecule has 13 nitrogen and oxygen atoms in total. The number of likely N-dealkylation sites (tertiary alicyclic amines) is 1. The zero-order valence-corrected chi connectivity index (χ0v) is 38.0. The third-order valence-corrected chi connectivity index (χ3v) is 19.9. The smallest absolute Gasteiger partial charge is 0.417 e. The van der Waals surface area contributed by atoms with Gasteiger partial charge in [0.25, 0.3) is 0 Å². The standard InChI is InChI=1S/C43H63N3O10SSi/c1-26(2)58(27(3)4,28(5)6)55-25-34-38-37(40(48)46(34)42(50)56-43(8,9)10)31(24-47)22-33-39(38)44(19-20-57(51,52)32-16-13-29(7)14-17-32)41(49)45(33)23-30-15-18-35(53-11)36(21-30)54-12/h13-18,21,26-28,31,34,37-38,47H,19-20,22-25H2,1-12H3/t31-,34+,37?,38?/m0/s1. The fourth-order valence-electron chi connectivity index (χ4n) is 9.58. The van der Waals surface area contributed by atoms with Gasteiger partial charge in [0.05, 0.1) is 50.0 Å². The largest absolute Gasteiger partial charge is 0.493 e. The van der Waals surface area contributed by atoms with Crippen molar-refractivity contribution in [2.75, 3.05) is 33.2 Å². The Morgan fingerprint density at radius 1 is 0.897 bits per heavy atom. The molecule has 320 valence electrons. The molecule has 1 saturated heterocycles. The highest BCUT2D eigenvalue weighted by molar-refractivity contribution is 7.91. The second kappa shape index (κ2) is 17.4. The maximum atomic E-state index is 14.9. The summed E-state index contributed by atoms with van der Waals surface area (Å²) in [5, 5.41) is 11.0. The number of fused-ring (bicyclic) bond motifs is 3. The minimum Gasteiger partial charge on any atom is -0.493 e. The van der Waals surface area contributed by atoms with Crippen LogP contribution in [0.1, 0.15) is 90.7 Å². The Hall–Kier alpha value is -3.92. The van der Waals surface area contributed by atoms with Gasteiger partial charge in [0.1, 0.15) is 5.60 Å². The van der Waals surface area contributed by atoms with Gasteiger partial charge in [-0.05, 0) is 86.5 Å². The molecule has 5 rings (SSSR count). The van der Waals surface area contributed by atoms with Crippen LogP contribution in [0.5, 0.6) is 11.5 Å². The maximum Gasteiger partial charge on any atom is 0.417 e. The molecule has 2 heterocycles. The highest BCUT2D eigenvalue weighted by Crippen LogP contribution is 2.50. The van der Waals surface area contributed by atoms with Crippen LogP contribution < -0.4 is 15.2 Å². The lowest BCUT2D eigenvalue weighted by atomic mass is 9.72. The lowest BCUT2D eigenvalue weighted by molar-refractivity contribution is -0.133. The normalized spacial score (nSPS) is 19.9. The summed E-state index contributed by atoms with van der Waals surface area (Å²) in [6.07, 6.45) is -0.692. The Kier molecular flexibility index (Phi) is 13.5. The second-order valence-electron chi connectivity index (χ2n) is 17.8. The molecular weight excluding hydrogens is 779 g/mol. The quantitative estimate of drug-likeness (QED) is 0.164. The van der Waals surface area contributed by atoms with Crippen LogP contribution in [0, 0.1) is 18.8 Å². The Labute approximate surface area is 344 Å². The SMILES string of the molecule is COc1ccc(Cn2c3c(n(CCS(=O)(=O)c4ccc(C)cc4)c2=O)C2C(C(=O)N(C(=O)OC(C)(C)C)[C@@H]2CO[Si](C(C)C)(C(C)C)C(C)C)[C@H](CO)C3)cc1OC. The van der Waals surface area contributed by atoms with E-state index in [2.05, 4.69) is 41.5 Å². The summed E-state index contributed by atoms with van der Waals surface area (Å²) in [4.78, 5) is 45.2. The number of aromatic nitrogens is 2. The van der Waals surface area contributed by atoms with E-state index in [9.17, 15) is 27.9 Å². The van der Waals surface area contributed by atoms with E-state index < -0.39 is 71.0 Å². The minimum absolute atomic E-state index is 0.0127. The summed E-state index contributed by atoms with van der Waals surface area (Å²) < 4.78 is 54.8. The van der Waals surface area contributed by atoms with E-state index in [4.69, 9.17) is 18.6 Å². The number of aliphatic hydroxyl groups excluding tert-OH is 1. The predicted molar refractivity (Wildman–Crippen MR) is 225 cm³/mol. The van der Waals surface area contributed by atoms with Gasteiger partial charge >= 0.3 is 11.8 Å². The summed E-state index contributed by atoms with van der Waals surface area (Å²) in [5.41, 5.74) is 1.84. The van der Waals surface area contributed by atoms with Crippen LogP contribution in [-0.2, 0) is 43.3 Å². The molecule has 15 heteroatoms. The van der Waals surface area contributed by atoms with E-state index in [-0.39, 0.29) is 54.2 Å². The number of imide groups is 1. The van der Waals surface area contributed by atoms with Crippen molar-refractivity contribution in [1.29, 1.82) is 0 Å². The highest BCUT2D eigenvalue weighted by atomic mass is 32.2. The van der Waals surface area contributed by atoms with Gasteiger partial charge in [-0.2, -0.15) is 0 Å². The van der Waals surface area contributed by atoms with Gasteiger partial charge in [-0.3, -0.25) is 13.9 Å². The van der Waals surface area contributed by atoms with Crippen LogP contribution in [0.4, 0.5) is 4.79 Å². The van der Waals surface area contributed by atoms with Crippen molar-refractivity contribution in [2.24, 2.45) is 11.8 Å². The average molecular weight is 842 g/mol. The van der Waals surface area contributed by atoms with Crippen molar-refractivity contribution in [3.63, 3.8) is 0 Å². The number of sulfone groups is 1. The van der Waals surface area contributed by atoms with Crippen LogP contribution in [0.2, 0.25) is 16.6 Å². The molecule has 2 aromatic carbocycles. The number of benzene rings is 2. The van der Waals surface area contributed by atoms with Crippen molar-refractivity contribution < 1.29 is 41.7 Å². The number of aryl methyl sites for hydroxylation is 1. The average Bonchev–Trinajstić information content (AvgIpc) is 3.58. The lowest BCUT2D eigenvalue weighted by Crippen LogP contribution is -2.52. The first-order valence-electron chi connectivity index (χ1n) is 20.3. The number of amides is 2. The number of hydrogen-bond acceptors (Lipinski definition) is 10. The molecule has 0 saturated carbocycles. The van der Waals surface area contributed by atoms with Crippen LogP contribution in [0.25, 0.3) is 0 Å². The maximum absolute atomic E-state index is 14.9. The third-order valence-electron chi connectivity index (χ3n) is 12.1. The van der Waals surface area contributed by atoms with Gasteiger partial charge in [-0.25, -0.2) is 22.9 Å². The van der Waals surface area contributed by atoms with E-state index in [0.29, 0.717) is 28.5 Å². The first kappa shape index (κ1) is 45.2. The molecule has 1 aliphatic heterocycles. The number of aliphatic hydroxyl groups is 1. The Morgan fingerprint density at radius 2 is 1.50 bits per heavy atom. The molecule has 1 N–H and O–H groups in total. The monoisotopic (exact) mass is 841 g/mol. The zero-order chi connectivity index (χ0) is 43.1. The van der Waals surface area contributed by atoms with Crippen molar-refractivity contribution in [1.82, 2.24) is 14.0 Å². The van der Waals surface area contributed by atoms with Crippen molar-refractivity contribution >= 4 is 30.2 Å². The molecule has 4 atom stereocenters. The van der Waals surface area contributed by atoms with E-state index in [1.807, 2.05) is 13.0 Å². The van der Waals surface area contributed by atoms with Crippen LogP contribution in [0.15, 0.2) is 52.2 Å². The van der Waals surface area contributed by atoms with Crippen molar-refractivity contribution in [2.45, 2.75) is 128 Å². The molecule has 1 fully saturated rings. The number of hydrogen-bond donors (Lipinski definition) is 1. The molecule has 2 aliphatic rings. The summed E-state index contributed by atoms with van der Waals surface area (Å²) >= 11 is 0. The fourth-order valence-corrected chi connectivity index (χ4v) is 16.3. The number of rotatable bonds is 15. The Bertz CT molecular complexity index is 2110. The van der Waals surface area contributed by atoms with Crippen molar-refractivity contribution in [3.8, 4) is 11.5 Å². The van der Waals surface area contributed by atoms with Gasteiger partial charge in [0, 0.05) is 30.5 Å². The summed E-state index contributed by atoms with van der Waals surface area (Å²) in [7, 11) is -3.38. The number of imidazole rings is 1. The Balaban J connectivity index is 1.74. The van der Waals surface area contributed by atoms with Crippen molar-refractivity contribution in [3.05, 3.63) is 75.5 Å². The molecule has 1 aromatic heterocycles. The van der Waals surface area contributed by atoms with Gasteiger partial charge in [-0.15, -0.1) is 0 Å². The number of ether oxygens (including phenoxy) is 3. The van der Waals surface area contributed by atoms with E-state index in [1.54, 1.807) is 61.7 Å². The summed E-state index contributed by atoms with van der Waals surface area (Å²) in [6, 6.07) is 11.0. The highest BCUT2D eigenvalue weighted by Gasteiger charge is 2.60. The van der Waals surface area contributed by atoms with Gasteiger partial charge in [0.2, 0.25) is 5.91 Å². The van der Waals surface area contributed by atoms with Gasteiger partial charge < -0.3 is 23.7 Å². The lowest BCUT2D eigenvalue weighted by Gasteiger charge is -2.44. The molecule has 3 aromatic rings. The minimum atomic E-state index is -3.86. The van der Waals surface area contributed by atoms with Gasteiger partial charge in [0.15, 0.2) is 29.7 Å². The predicted octanol–water partition coefficient (Wildman–Crippen LogP) is 6.70. The first-order valence-corrected chi connectivity index (χ1v) is 24.1. The number of carbonyl (C=O) groups is 2. The van der Waals surface area contributed by atoms with E-state index in [0.717, 1.165) is 10.5 Å². The number of nitrogens with zero attached hydrogens (tertiary/aromatic N) is 3. The van der Waals surface area contributed by atoms with Gasteiger partial charge in [-0.1, -0.05) is 65.3 Å². The molecule has 1 aliphatic carbocycles. The van der Waals surface area contributed by atoms with Crippen LogP contribution in [-0.4, -0.2) is 92.7 Å². The molecule has 0 bridgehead atoms. The molecule has 2 unspecified atom stereocenters. The fraction of sp³-hybridized carbons (Fsp3) is 0.605. The number of methoxy groups -OCH3 is 2. The number of carbonyl (C=O) groups excluding carboxylic acids is 2. The van der Waals surface area contributed by atoms with E-state index >= 15 is 0 Å². The Morgan fingerprint density at radius 3 is 2.03 bits per heavy atom. The summed E-state index contributed by atoms with van der Waals surface area (Å²) in [5.74, 6) is -2.31. The molecule has 0 spiro atoms. The second-order valence-corrected chi connectivity index (χ2v) is 25.3.